The van der Waals surface area contributed by atoms with E-state index in [4.69, 9.17) is 0 Å². The number of rotatable bonds is 8. The summed E-state index contributed by atoms with van der Waals surface area (Å²) in [7, 11) is 1.98. The van der Waals surface area contributed by atoms with E-state index < -0.39 is 6.10 Å². The maximum atomic E-state index is 13.6. The van der Waals surface area contributed by atoms with Crippen molar-refractivity contribution in [2.24, 2.45) is 0 Å². The molecule has 2 nitrogen and oxygen atoms in total. The summed E-state index contributed by atoms with van der Waals surface area (Å²) in [5.74, 6) is 1.92. The number of halogens is 1. The van der Waals surface area contributed by atoms with Gasteiger partial charge in [0.25, 0.3) is 0 Å². The Labute approximate surface area is 120 Å². The van der Waals surface area contributed by atoms with Gasteiger partial charge in [0, 0.05) is 18.2 Å². The first kappa shape index (κ1) is 16.5. The van der Waals surface area contributed by atoms with Gasteiger partial charge in [-0.15, -0.1) is 0 Å². The predicted molar refractivity (Wildman–Crippen MR) is 81.1 cm³/mol. The van der Waals surface area contributed by atoms with Gasteiger partial charge in [0.2, 0.25) is 0 Å². The van der Waals surface area contributed by atoms with Crippen LogP contribution in [-0.2, 0) is 0 Å². The highest BCUT2D eigenvalue weighted by molar-refractivity contribution is 7.99. The minimum atomic E-state index is -0.771. The van der Waals surface area contributed by atoms with Crippen LogP contribution >= 0.6 is 11.8 Å². The lowest BCUT2D eigenvalue weighted by Gasteiger charge is -2.27. The van der Waals surface area contributed by atoms with Crippen molar-refractivity contribution < 1.29 is 9.50 Å². The zero-order valence-electron chi connectivity index (χ0n) is 12.0. The van der Waals surface area contributed by atoms with Gasteiger partial charge in [-0.25, -0.2) is 4.39 Å². The molecule has 0 aliphatic rings. The minimum absolute atomic E-state index is 0.336. The Kier molecular flexibility index (Phi) is 7.42. The van der Waals surface area contributed by atoms with Crippen molar-refractivity contribution in [2.45, 2.75) is 32.4 Å². The number of aliphatic hydroxyl groups is 1. The second-order valence-electron chi connectivity index (χ2n) is 4.81. The summed E-state index contributed by atoms with van der Waals surface area (Å²) in [4.78, 5) is 2.09. The molecule has 0 saturated carbocycles. The van der Waals surface area contributed by atoms with Crippen molar-refractivity contribution in [3.05, 3.63) is 35.6 Å². The van der Waals surface area contributed by atoms with Crippen LogP contribution in [0.5, 0.6) is 0 Å². The summed E-state index contributed by atoms with van der Waals surface area (Å²) < 4.78 is 13.6. The van der Waals surface area contributed by atoms with E-state index in [1.54, 1.807) is 18.2 Å². The Hall–Kier alpha value is -0.580. The quantitative estimate of drug-likeness (QED) is 0.741. The zero-order valence-corrected chi connectivity index (χ0v) is 12.8. The SMILES string of the molecule is CCSCCC(C)N(C)CC(O)c1ccccc1F. The molecular weight excluding hydrogens is 261 g/mol. The van der Waals surface area contributed by atoms with E-state index in [-0.39, 0.29) is 5.82 Å². The fourth-order valence-electron chi connectivity index (χ4n) is 1.92. The molecule has 0 aliphatic heterocycles. The molecule has 0 saturated heterocycles. The molecule has 0 bridgehead atoms. The zero-order chi connectivity index (χ0) is 14.3. The molecule has 0 fully saturated rings. The summed E-state index contributed by atoms with van der Waals surface area (Å²) >= 11 is 1.92. The maximum Gasteiger partial charge on any atom is 0.129 e. The Bertz CT molecular complexity index is 375. The van der Waals surface area contributed by atoms with Crippen molar-refractivity contribution in [2.75, 3.05) is 25.1 Å². The highest BCUT2D eigenvalue weighted by Gasteiger charge is 2.17. The summed E-state index contributed by atoms with van der Waals surface area (Å²) in [6.07, 6.45) is 0.311. The lowest BCUT2D eigenvalue weighted by Crippen LogP contribution is -2.33. The number of nitrogens with zero attached hydrogens (tertiary/aromatic N) is 1. The molecular formula is C15H24FNOS. The average molecular weight is 285 g/mol. The Balaban J connectivity index is 2.47. The summed E-state index contributed by atoms with van der Waals surface area (Å²) in [6, 6.07) is 6.81. The molecule has 1 aromatic carbocycles. The van der Waals surface area contributed by atoms with Crippen LogP contribution in [-0.4, -0.2) is 41.1 Å². The molecule has 0 radical (unpaired) electrons. The fourth-order valence-corrected chi connectivity index (χ4v) is 2.71. The van der Waals surface area contributed by atoms with Crippen LogP contribution in [0.2, 0.25) is 0 Å². The van der Waals surface area contributed by atoms with Gasteiger partial charge in [-0.2, -0.15) is 11.8 Å². The Morgan fingerprint density at radius 2 is 2.05 bits per heavy atom. The van der Waals surface area contributed by atoms with Crippen LogP contribution in [0.25, 0.3) is 0 Å². The molecule has 19 heavy (non-hydrogen) atoms. The van der Waals surface area contributed by atoms with E-state index in [2.05, 4.69) is 18.7 Å². The van der Waals surface area contributed by atoms with E-state index in [0.29, 0.717) is 18.2 Å². The van der Waals surface area contributed by atoms with Gasteiger partial charge in [0.1, 0.15) is 5.82 Å². The normalized spacial score (nSPS) is 14.6. The molecule has 1 aromatic rings. The van der Waals surface area contributed by atoms with Crippen LogP contribution in [0.3, 0.4) is 0 Å². The van der Waals surface area contributed by atoms with Crippen molar-refractivity contribution in [3.63, 3.8) is 0 Å². The highest BCUT2D eigenvalue weighted by Crippen LogP contribution is 2.19. The molecule has 1 rings (SSSR count). The summed E-state index contributed by atoms with van der Waals surface area (Å²) in [6.45, 7) is 4.75. The molecule has 2 atom stereocenters. The monoisotopic (exact) mass is 285 g/mol. The molecule has 1 N–H and O–H groups in total. The first-order valence-electron chi connectivity index (χ1n) is 6.76. The van der Waals surface area contributed by atoms with E-state index in [9.17, 15) is 9.50 Å². The Morgan fingerprint density at radius 3 is 2.68 bits per heavy atom. The van der Waals surface area contributed by atoms with E-state index in [1.165, 1.54) is 6.07 Å². The lowest BCUT2D eigenvalue weighted by atomic mass is 10.1. The standard InChI is InChI=1S/C15H24FNOS/c1-4-19-10-9-12(2)17(3)11-15(18)13-7-5-6-8-14(13)16/h5-8,12,15,18H,4,9-11H2,1-3H3. The number of hydrogen-bond donors (Lipinski definition) is 1. The fraction of sp³-hybridized carbons (Fsp3) is 0.600. The third-order valence-corrected chi connectivity index (χ3v) is 4.29. The second-order valence-corrected chi connectivity index (χ2v) is 6.21. The predicted octanol–water partition coefficient (Wildman–Crippen LogP) is 3.32. The van der Waals surface area contributed by atoms with E-state index in [0.717, 1.165) is 17.9 Å². The summed E-state index contributed by atoms with van der Waals surface area (Å²) in [5.41, 5.74) is 0.379. The molecule has 0 aromatic heterocycles. The van der Waals surface area contributed by atoms with Crippen molar-refractivity contribution in [1.82, 2.24) is 4.90 Å². The molecule has 0 spiro atoms. The molecule has 0 aliphatic carbocycles. The van der Waals surface area contributed by atoms with Crippen LogP contribution in [0, 0.1) is 5.82 Å². The Morgan fingerprint density at radius 1 is 1.37 bits per heavy atom. The third-order valence-electron chi connectivity index (χ3n) is 3.36. The first-order chi connectivity index (χ1) is 9.06. The van der Waals surface area contributed by atoms with Crippen LogP contribution in [0.4, 0.5) is 4.39 Å². The smallest absolute Gasteiger partial charge is 0.129 e. The molecule has 0 amide bonds. The number of hydrogen-bond acceptors (Lipinski definition) is 3. The minimum Gasteiger partial charge on any atom is -0.387 e. The number of aliphatic hydroxyl groups excluding tert-OH is 1. The van der Waals surface area contributed by atoms with Gasteiger partial charge in [0.15, 0.2) is 0 Å². The van der Waals surface area contributed by atoms with Crippen molar-refractivity contribution in [3.8, 4) is 0 Å². The average Bonchev–Trinajstić information content (AvgIpc) is 2.39. The van der Waals surface area contributed by atoms with Gasteiger partial charge in [-0.1, -0.05) is 25.1 Å². The van der Waals surface area contributed by atoms with E-state index >= 15 is 0 Å². The maximum absolute atomic E-state index is 13.6. The van der Waals surface area contributed by atoms with Crippen molar-refractivity contribution >= 4 is 11.8 Å². The van der Waals surface area contributed by atoms with Crippen molar-refractivity contribution in [1.29, 1.82) is 0 Å². The molecule has 2 unspecified atom stereocenters. The number of thioether (sulfide) groups is 1. The molecule has 0 heterocycles. The lowest BCUT2D eigenvalue weighted by molar-refractivity contribution is 0.105. The van der Waals surface area contributed by atoms with Crippen LogP contribution < -0.4 is 0 Å². The highest BCUT2D eigenvalue weighted by atomic mass is 32.2. The number of likely N-dealkylation sites (N-methyl/N-ethyl adjacent to an activating group) is 1. The van der Waals surface area contributed by atoms with E-state index in [1.807, 2.05) is 18.8 Å². The van der Waals surface area contributed by atoms with Gasteiger partial charge < -0.3 is 10.0 Å². The second kappa shape index (κ2) is 8.56. The van der Waals surface area contributed by atoms with Gasteiger partial charge in [-0.05, 0) is 38.0 Å². The van der Waals surface area contributed by atoms with Gasteiger partial charge >= 0.3 is 0 Å². The third kappa shape index (κ3) is 5.51. The van der Waals surface area contributed by atoms with Gasteiger partial charge in [0.05, 0.1) is 6.10 Å². The van der Waals surface area contributed by atoms with Crippen LogP contribution in [0.1, 0.15) is 31.9 Å². The first-order valence-corrected chi connectivity index (χ1v) is 7.92. The molecule has 4 heteroatoms. The van der Waals surface area contributed by atoms with Gasteiger partial charge in [-0.3, -0.25) is 0 Å². The number of benzene rings is 1. The van der Waals surface area contributed by atoms with Crippen LogP contribution in [0.15, 0.2) is 24.3 Å². The summed E-state index contributed by atoms with van der Waals surface area (Å²) in [5, 5.41) is 10.1. The topological polar surface area (TPSA) is 23.5 Å². The molecule has 108 valence electrons. The largest absolute Gasteiger partial charge is 0.387 e.